The lowest BCUT2D eigenvalue weighted by Crippen LogP contribution is -2.44. The molecule has 17 heavy (non-hydrogen) atoms. The smallest absolute Gasteiger partial charge is 0.0991 e. The zero-order valence-electron chi connectivity index (χ0n) is 10.9. The summed E-state index contributed by atoms with van der Waals surface area (Å²) < 4.78 is 0. The topological polar surface area (TPSA) is 27.0 Å². The van der Waals surface area contributed by atoms with Crippen molar-refractivity contribution < 1.29 is 0 Å². The maximum Gasteiger partial charge on any atom is 0.0991 e. The molecule has 1 fully saturated rings. The van der Waals surface area contributed by atoms with E-state index in [1.807, 2.05) is 12.1 Å². The predicted octanol–water partition coefficient (Wildman–Crippen LogP) is 3.43. The Bertz CT molecular complexity index is 425. The molecule has 0 bridgehead atoms. The largest absolute Gasteiger partial charge is 0.371 e. The average Bonchev–Trinajstić information content (AvgIpc) is 2.33. The van der Waals surface area contributed by atoms with Crippen LogP contribution in [-0.4, -0.2) is 13.1 Å². The van der Waals surface area contributed by atoms with E-state index in [1.54, 1.807) is 0 Å². The van der Waals surface area contributed by atoms with E-state index in [0.717, 1.165) is 24.6 Å². The van der Waals surface area contributed by atoms with Gasteiger partial charge in [-0.25, -0.2) is 0 Å². The zero-order valence-corrected chi connectivity index (χ0v) is 10.9. The minimum Gasteiger partial charge on any atom is -0.371 e. The third-order valence-electron chi connectivity index (χ3n) is 4.13. The molecule has 1 aromatic rings. The van der Waals surface area contributed by atoms with Gasteiger partial charge in [0.15, 0.2) is 0 Å². The van der Waals surface area contributed by atoms with Crippen molar-refractivity contribution in [2.75, 3.05) is 18.0 Å². The molecule has 2 heteroatoms. The maximum atomic E-state index is 8.79. The Kier molecular flexibility index (Phi) is 3.11. The fourth-order valence-corrected chi connectivity index (χ4v) is 2.43. The van der Waals surface area contributed by atoms with Crippen LogP contribution in [0.25, 0.3) is 0 Å². The first-order valence-electron chi connectivity index (χ1n) is 6.28. The summed E-state index contributed by atoms with van der Waals surface area (Å²) in [7, 11) is 0. The fourth-order valence-electron chi connectivity index (χ4n) is 2.43. The SMILES string of the molecule is CC1CCN(c2ccc(C#N)cc2)CC1(C)C. The Labute approximate surface area is 104 Å². The number of anilines is 1. The Balaban J connectivity index is 2.15. The second-order valence-electron chi connectivity index (χ2n) is 5.76. The highest BCUT2D eigenvalue weighted by Gasteiger charge is 2.32. The van der Waals surface area contributed by atoms with Crippen molar-refractivity contribution in [3.05, 3.63) is 29.8 Å². The van der Waals surface area contributed by atoms with E-state index in [-0.39, 0.29) is 0 Å². The Morgan fingerprint density at radius 3 is 2.47 bits per heavy atom. The van der Waals surface area contributed by atoms with Gasteiger partial charge in [0.1, 0.15) is 0 Å². The minimum atomic E-state index is 0.367. The van der Waals surface area contributed by atoms with Crippen LogP contribution < -0.4 is 4.90 Å². The molecule has 1 saturated heterocycles. The Morgan fingerprint density at radius 1 is 1.29 bits per heavy atom. The highest BCUT2D eigenvalue weighted by molar-refractivity contribution is 5.50. The van der Waals surface area contributed by atoms with E-state index in [1.165, 1.54) is 12.1 Å². The quantitative estimate of drug-likeness (QED) is 0.736. The summed E-state index contributed by atoms with van der Waals surface area (Å²) in [6.45, 7) is 9.24. The highest BCUT2D eigenvalue weighted by atomic mass is 15.1. The Morgan fingerprint density at radius 2 is 1.94 bits per heavy atom. The van der Waals surface area contributed by atoms with Crippen LogP contribution in [-0.2, 0) is 0 Å². The van der Waals surface area contributed by atoms with E-state index in [2.05, 4.69) is 43.9 Å². The van der Waals surface area contributed by atoms with E-state index in [9.17, 15) is 0 Å². The van der Waals surface area contributed by atoms with Crippen LogP contribution in [0.2, 0.25) is 0 Å². The lowest BCUT2D eigenvalue weighted by Gasteiger charge is -2.44. The van der Waals surface area contributed by atoms with Crippen LogP contribution in [0.3, 0.4) is 0 Å². The molecule has 2 rings (SSSR count). The van der Waals surface area contributed by atoms with Crippen molar-refractivity contribution in [1.29, 1.82) is 5.26 Å². The van der Waals surface area contributed by atoms with Gasteiger partial charge in [0.2, 0.25) is 0 Å². The van der Waals surface area contributed by atoms with Gasteiger partial charge >= 0.3 is 0 Å². The van der Waals surface area contributed by atoms with Gasteiger partial charge in [-0.3, -0.25) is 0 Å². The fraction of sp³-hybridized carbons (Fsp3) is 0.533. The number of hydrogen-bond acceptors (Lipinski definition) is 2. The van der Waals surface area contributed by atoms with Gasteiger partial charge < -0.3 is 4.90 Å². The summed E-state index contributed by atoms with van der Waals surface area (Å²) in [4.78, 5) is 2.43. The van der Waals surface area contributed by atoms with Crippen molar-refractivity contribution in [1.82, 2.24) is 0 Å². The predicted molar refractivity (Wildman–Crippen MR) is 70.9 cm³/mol. The summed E-state index contributed by atoms with van der Waals surface area (Å²) in [6.07, 6.45) is 1.24. The molecule has 0 aromatic heterocycles. The second kappa shape index (κ2) is 4.41. The molecule has 1 unspecified atom stereocenters. The normalized spacial score (nSPS) is 23.2. The van der Waals surface area contributed by atoms with Gasteiger partial charge in [-0.05, 0) is 42.0 Å². The van der Waals surface area contributed by atoms with Crippen molar-refractivity contribution in [3.63, 3.8) is 0 Å². The molecule has 90 valence electrons. The number of piperidine rings is 1. The van der Waals surface area contributed by atoms with Gasteiger partial charge in [-0.15, -0.1) is 0 Å². The van der Waals surface area contributed by atoms with Crippen LogP contribution >= 0.6 is 0 Å². The van der Waals surface area contributed by atoms with Crippen molar-refractivity contribution in [2.24, 2.45) is 11.3 Å². The van der Waals surface area contributed by atoms with E-state index in [0.29, 0.717) is 5.41 Å². The summed E-state index contributed by atoms with van der Waals surface area (Å²) in [6, 6.07) is 10.1. The van der Waals surface area contributed by atoms with Crippen molar-refractivity contribution in [3.8, 4) is 6.07 Å². The lowest BCUT2D eigenvalue weighted by atomic mass is 9.75. The lowest BCUT2D eigenvalue weighted by molar-refractivity contribution is 0.193. The first kappa shape index (κ1) is 12.0. The third-order valence-corrected chi connectivity index (χ3v) is 4.13. The molecule has 1 heterocycles. The number of rotatable bonds is 1. The van der Waals surface area contributed by atoms with Crippen molar-refractivity contribution >= 4 is 5.69 Å². The van der Waals surface area contributed by atoms with Gasteiger partial charge in [0.25, 0.3) is 0 Å². The molecule has 1 aliphatic rings. The molecular weight excluding hydrogens is 208 g/mol. The van der Waals surface area contributed by atoms with Crippen LogP contribution in [0, 0.1) is 22.7 Å². The van der Waals surface area contributed by atoms with E-state index < -0.39 is 0 Å². The Hall–Kier alpha value is -1.49. The highest BCUT2D eigenvalue weighted by Crippen LogP contribution is 2.36. The van der Waals surface area contributed by atoms with Gasteiger partial charge in [0, 0.05) is 18.8 Å². The van der Waals surface area contributed by atoms with Crippen LogP contribution in [0.4, 0.5) is 5.69 Å². The number of nitrogens with zero attached hydrogens (tertiary/aromatic N) is 2. The maximum absolute atomic E-state index is 8.79. The molecule has 2 nitrogen and oxygen atoms in total. The summed E-state index contributed by atoms with van der Waals surface area (Å²) in [5, 5.41) is 8.79. The summed E-state index contributed by atoms with van der Waals surface area (Å²) in [5.74, 6) is 0.775. The van der Waals surface area contributed by atoms with Crippen molar-refractivity contribution in [2.45, 2.75) is 27.2 Å². The van der Waals surface area contributed by atoms with Gasteiger partial charge in [-0.2, -0.15) is 5.26 Å². The molecule has 0 saturated carbocycles. The van der Waals surface area contributed by atoms with E-state index >= 15 is 0 Å². The van der Waals surface area contributed by atoms with Gasteiger partial charge in [0.05, 0.1) is 11.6 Å². The first-order valence-corrected chi connectivity index (χ1v) is 6.28. The minimum absolute atomic E-state index is 0.367. The van der Waals surface area contributed by atoms with E-state index in [4.69, 9.17) is 5.26 Å². The number of nitriles is 1. The van der Waals surface area contributed by atoms with Crippen LogP contribution in [0.5, 0.6) is 0 Å². The molecule has 1 atom stereocenters. The monoisotopic (exact) mass is 228 g/mol. The number of benzene rings is 1. The molecule has 0 aliphatic carbocycles. The molecule has 1 aliphatic heterocycles. The molecule has 0 N–H and O–H groups in total. The molecular formula is C15H20N2. The molecule has 0 spiro atoms. The second-order valence-corrected chi connectivity index (χ2v) is 5.76. The number of hydrogen-bond donors (Lipinski definition) is 0. The summed E-state index contributed by atoms with van der Waals surface area (Å²) >= 11 is 0. The molecule has 0 amide bonds. The zero-order chi connectivity index (χ0) is 12.5. The summed E-state index contributed by atoms with van der Waals surface area (Å²) in [5.41, 5.74) is 2.34. The molecule has 1 aromatic carbocycles. The third kappa shape index (κ3) is 2.44. The van der Waals surface area contributed by atoms with Gasteiger partial charge in [-0.1, -0.05) is 20.8 Å². The average molecular weight is 228 g/mol. The molecule has 0 radical (unpaired) electrons. The van der Waals surface area contributed by atoms with Crippen LogP contribution in [0.15, 0.2) is 24.3 Å². The first-order chi connectivity index (χ1) is 8.03. The van der Waals surface area contributed by atoms with Crippen LogP contribution in [0.1, 0.15) is 32.8 Å². The standard InChI is InChI=1S/C15H20N2/c1-12-8-9-17(11-15(12,2)3)14-6-4-13(10-16)5-7-14/h4-7,12H,8-9,11H2,1-3H3.